The molecule has 0 aliphatic rings. The summed E-state index contributed by atoms with van der Waals surface area (Å²) in [6.07, 6.45) is 0. The minimum Gasteiger partial charge on any atom is -0.465 e. The average Bonchev–Trinajstić information content (AvgIpc) is 3.00. The van der Waals surface area contributed by atoms with Gasteiger partial charge in [-0.15, -0.1) is 0 Å². The smallest absolute Gasteiger partial charge is 0.337 e. The molecule has 0 atom stereocenters. The lowest BCUT2D eigenvalue weighted by molar-refractivity contribution is 0.0600. The minimum atomic E-state index is -0.414. The lowest BCUT2D eigenvalue weighted by atomic mass is 10.1. The van der Waals surface area contributed by atoms with Gasteiger partial charge in [0.1, 0.15) is 0 Å². The summed E-state index contributed by atoms with van der Waals surface area (Å²) in [6, 6.07) is 15.7. The van der Waals surface area contributed by atoms with Crippen LogP contribution in [0.2, 0.25) is 0 Å². The van der Waals surface area contributed by atoms with E-state index in [4.69, 9.17) is 0 Å². The summed E-state index contributed by atoms with van der Waals surface area (Å²) in [5.74, 6) is -0.640. The van der Waals surface area contributed by atoms with E-state index in [2.05, 4.69) is 15.2 Å². The summed E-state index contributed by atoms with van der Waals surface area (Å²) >= 11 is 0. The maximum Gasteiger partial charge on any atom is 0.337 e. The summed E-state index contributed by atoms with van der Waals surface area (Å²) in [5.41, 5.74) is 4.44. The van der Waals surface area contributed by atoms with Gasteiger partial charge in [0.25, 0.3) is 5.91 Å². The van der Waals surface area contributed by atoms with Gasteiger partial charge in [-0.1, -0.05) is 0 Å². The lowest BCUT2D eigenvalue weighted by Gasteiger charge is -2.08. The van der Waals surface area contributed by atoms with E-state index >= 15 is 0 Å². The third-order valence-electron chi connectivity index (χ3n) is 3.95. The van der Waals surface area contributed by atoms with Crippen LogP contribution < -0.4 is 5.32 Å². The maximum absolute atomic E-state index is 12.4. The van der Waals surface area contributed by atoms with Crippen molar-refractivity contribution >= 4 is 17.6 Å². The Kier molecular flexibility index (Phi) is 4.84. The number of carbonyl (C=O) groups is 2. The number of nitrogens with one attached hydrogen (secondary N) is 1. The molecule has 0 unspecified atom stereocenters. The number of methoxy groups -OCH3 is 1. The Morgan fingerprint density at radius 1 is 0.962 bits per heavy atom. The van der Waals surface area contributed by atoms with Crippen LogP contribution in [0.25, 0.3) is 5.69 Å². The van der Waals surface area contributed by atoms with Gasteiger partial charge < -0.3 is 10.1 Å². The van der Waals surface area contributed by atoms with Crippen molar-refractivity contribution in [2.45, 2.75) is 13.8 Å². The van der Waals surface area contributed by atoms with Crippen LogP contribution in [0.15, 0.2) is 54.6 Å². The van der Waals surface area contributed by atoms with Crippen molar-refractivity contribution < 1.29 is 14.3 Å². The summed E-state index contributed by atoms with van der Waals surface area (Å²) < 4.78 is 6.49. The number of amides is 1. The van der Waals surface area contributed by atoms with Crippen LogP contribution in [0.5, 0.6) is 0 Å². The molecule has 6 nitrogen and oxygen atoms in total. The van der Waals surface area contributed by atoms with Crippen molar-refractivity contribution in [2.75, 3.05) is 12.4 Å². The molecule has 3 aromatic rings. The molecule has 1 N–H and O–H groups in total. The number of anilines is 1. The summed E-state index contributed by atoms with van der Waals surface area (Å²) in [6.45, 7) is 3.93. The molecule has 0 fully saturated rings. The highest BCUT2D eigenvalue weighted by Crippen LogP contribution is 2.15. The molecule has 132 valence electrons. The molecule has 0 saturated heterocycles. The van der Waals surface area contributed by atoms with E-state index in [1.54, 1.807) is 36.4 Å². The number of rotatable bonds is 4. The topological polar surface area (TPSA) is 73.2 Å². The van der Waals surface area contributed by atoms with Crippen LogP contribution in [-0.4, -0.2) is 28.8 Å². The quantitative estimate of drug-likeness (QED) is 0.731. The summed E-state index contributed by atoms with van der Waals surface area (Å²) in [7, 11) is 1.33. The lowest BCUT2D eigenvalue weighted by Crippen LogP contribution is -2.12. The molecule has 1 aromatic heterocycles. The Morgan fingerprint density at radius 3 is 2.12 bits per heavy atom. The van der Waals surface area contributed by atoms with Gasteiger partial charge in [-0.3, -0.25) is 4.79 Å². The fourth-order valence-electron chi connectivity index (χ4n) is 2.66. The van der Waals surface area contributed by atoms with E-state index in [0.29, 0.717) is 16.8 Å². The van der Waals surface area contributed by atoms with Crippen molar-refractivity contribution in [1.29, 1.82) is 0 Å². The second kappa shape index (κ2) is 7.23. The van der Waals surface area contributed by atoms with Crippen molar-refractivity contribution in [3.05, 3.63) is 77.1 Å². The van der Waals surface area contributed by atoms with Gasteiger partial charge in [-0.05, 0) is 68.4 Å². The third-order valence-corrected chi connectivity index (χ3v) is 3.95. The standard InChI is InChI=1S/C20H19N3O3/c1-13-12-14(2)23(22-13)18-10-6-15(7-11-18)19(24)21-17-8-4-16(5-9-17)20(25)26-3/h4-12H,1-3H3,(H,21,24). The predicted molar refractivity (Wildman–Crippen MR) is 98.8 cm³/mol. The van der Waals surface area contributed by atoms with Crippen LogP contribution in [0, 0.1) is 13.8 Å². The molecule has 0 saturated carbocycles. The SMILES string of the molecule is COC(=O)c1ccc(NC(=O)c2ccc(-n3nc(C)cc3C)cc2)cc1. The van der Waals surface area contributed by atoms with Crippen LogP contribution in [0.1, 0.15) is 32.1 Å². The zero-order chi connectivity index (χ0) is 18.7. The number of hydrogen-bond acceptors (Lipinski definition) is 4. The zero-order valence-electron chi connectivity index (χ0n) is 14.8. The van der Waals surface area contributed by atoms with Gasteiger partial charge in [0, 0.05) is 16.9 Å². The average molecular weight is 349 g/mol. The molecule has 0 aliphatic heterocycles. The Labute approximate surface area is 151 Å². The summed E-state index contributed by atoms with van der Waals surface area (Å²) in [4.78, 5) is 23.8. The first-order valence-corrected chi connectivity index (χ1v) is 8.11. The number of nitrogens with zero attached hydrogens (tertiary/aromatic N) is 2. The van der Waals surface area contributed by atoms with Gasteiger partial charge in [0.2, 0.25) is 0 Å². The van der Waals surface area contributed by atoms with Crippen molar-refractivity contribution in [1.82, 2.24) is 9.78 Å². The minimum absolute atomic E-state index is 0.226. The fourth-order valence-corrected chi connectivity index (χ4v) is 2.66. The molecule has 1 heterocycles. The zero-order valence-corrected chi connectivity index (χ0v) is 14.8. The second-order valence-electron chi connectivity index (χ2n) is 5.91. The highest BCUT2D eigenvalue weighted by atomic mass is 16.5. The monoisotopic (exact) mass is 349 g/mol. The Balaban J connectivity index is 1.72. The van der Waals surface area contributed by atoms with Crippen LogP contribution in [0.4, 0.5) is 5.69 Å². The van der Waals surface area contributed by atoms with Gasteiger partial charge in [-0.25, -0.2) is 9.48 Å². The second-order valence-corrected chi connectivity index (χ2v) is 5.91. The number of aromatic nitrogens is 2. The Hall–Kier alpha value is -3.41. The molecular formula is C20H19N3O3. The number of ether oxygens (including phenoxy) is 1. The number of benzene rings is 2. The third kappa shape index (κ3) is 3.64. The number of esters is 1. The largest absolute Gasteiger partial charge is 0.465 e. The Bertz CT molecular complexity index is 941. The molecule has 26 heavy (non-hydrogen) atoms. The Morgan fingerprint density at radius 2 is 1.58 bits per heavy atom. The predicted octanol–water partition coefficient (Wildman–Crippen LogP) is 3.53. The first-order chi connectivity index (χ1) is 12.5. The highest BCUT2D eigenvalue weighted by molar-refractivity contribution is 6.04. The molecule has 1 amide bonds. The first kappa shape index (κ1) is 17.4. The van der Waals surface area contributed by atoms with Gasteiger partial charge in [0.05, 0.1) is 24.1 Å². The van der Waals surface area contributed by atoms with E-state index in [1.165, 1.54) is 7.11 Å². The van der Waals surface area contributed by atoms with E-state index in [9.17, 15) is 9.59 Å². The fraction of sp³-hybridized carbons (Fsp3) is 0.150. The van der Waals surface area contributed by atoms with E-state index < -0.39 is 5.97 Å². The molecule has 0 bridgehead atoms. The molecule has 0 spiro atoms. The maximum atomic E-state index is 12.4. The number of aryl methyl sites for hydroxylation is 2. The van der Waals surface area contributed by atoms with Crippen LogP contribution in [0.3, 0.4) is 0 Å². The van der Waals surface area contributed by atoms with Crippen molar-refractivity contribution in [2.24, 2.45) is 0 Å². The molecule has 2 aromatic carbocycles. The van der Waals surface area contributed by atoms with Crippen LogP contribution >= 0.6 is 0 Å². The molecule has 3 rings (SSSR count). The molecular weight excluding hydrogens is 330 g/mol. The molecule has 0 aliphatic carbocycles. The highest BCUT2D eigenvalue weighted by Gasteiger charge is 2.09. The number of hydrogen-bond donors (Lipinski definition) is 1. The van der Waals surface area contributed by atoms with Crippen molar-refractivity contribution in [3.63, 3.8) is 0 Å². The van der Waals surface area contributed by atoms with E-state index in [0.717, 1.165) is 17.1 Å². The van der Waals surface area contributed by atoms with Crippen molar-refractivity contribution in [3.8, 4) is 5.69 Å². The van der Waals surface area contributed by atoms with Gasteiger partial charge >= 0.3 is 5.97 Å². The first-order valence-electron chi connectivity index (χ1n) is 8.11. The van der Waals surface area contributed by atoms with Gasteiger partial charge in [0.15, 0.2) is 0 Å². The summed E-state index contributed by atoms with van der Waals surface area (Å²) in [5, 5.41) is 7.23. The molecule has 0 radical (unpaired) electrons. The normalized spacial score (nSPS) is 10.4. The van der Waals surface area contributed by atoms with E-state index in [-0.39, 0.29) is 5.91 Å². The molecule has 6 heteroatoms. The van der Waals surface area contributed by atoms with Crippen LogP contribution in [-0.2, 0) is 4.74 Å². The van der Waals surface area contributed by atoms with Gasteiger partial charge in [-0.2, -0.15) is 5.10 Å². The van der Waals surface area contributed by atoms with E-state index in [1.807, 2.05) is 36.7 Å². The number of carbonyl (C=O) groups excluding carboxylic acids is 2.